The second-order valence-electron chi connectivity index (χ2n) is 5.77. The molecule has 0 bridgehead atoms. The molecule has 1 aliphatic carbocycles. The lowest BCUT2D eigenvalue weighted by Gasteiger charge is -2.41. The molecular weight excluding hydrogens is 328 g/mol. The number of aromatic nitrogens is 3. The van der Waals surface area contributed by atoms with Crippen molar-refractivity contribution in [2.24, 2.45) is 0 Å². The molecule has 1 N–H and O–H groups in total. The van der Waals surface area contributed by atoms with Gasteiger partial charge >= 0.3 is 0 Å². The molecule has 0 saturated heterocycles. The van der Waals surface area contributed by atoms with Gasteiger partial charge in [-0.25, -0.2) is 9.97 Å². The quantitative estimate of drug-likeness (QED) is 0.921. The highest BCUT2D eigenvalue weighted by molar-refractivity contribution is 9.10. The van der Waals surface area contributed by atoms with E-state index in [2.05, 4.69) is 48.3 Å². The Labute approximate surface area is 133 Å². The first-order chi connectivity index (χ1) is 10.1. The van der Waals surface area contributed by atoms with Gasteiger partial charge in [0.05, 0.1) is 10.0 Å². The summed E-state index contributed by atoms with van der Waals surface area (Å²) in [6.45, 7) is 4.89. The highest BCUT2D eigenvalue weighted by Gasteiger charge is 2.40. The van der Waals surface area contributed by atoms with Crippen molar-refractivity contribution in [3.8, 4) is 0 Å². The third-order valence-corrected chi connectivity index (χ3v) is 4.44. The summed E-state index contributed by atoms with van der Waals surface area (Å²) in [7, 11) is 0. The Hall–Kier alpha value is -1.33. The minimum Gasteiger partial charge on any atom is -0.301 e. The number of hydrogen-bond acceptors (Lipinski definition) is 4. The zero-order valence-electron chi connectivity index (χ0n) is 12.4. The first-order valence-corrected chi connectivity index (χ1v) is 8.04. The third-order valence-electron chi connectivity index (χ3n) is 4.03. The molecule has 0 aromatic carbocycles. The van der Waals surface area contributed by atoms with Crippen molar-refractivity contribution in [2.75, 3.05) is 0 Å². The summed E-state index contributed by atoms with van der Waals surface area (Å²) in [5.41, 5.74) is 3.33. The fraction of sp³-hybridized carbons (Fsp3) is 0.438. The summed E-state index contributed by atoms with van der Waals surface area (Å²) >= 11 is 3.39. The van der Waals surface area contributed by atoms with Crippen LogP contribution in [0.3, 0.4) is 0 Å². The van der Waals surface area contributed by atoms with Crippen LogP contribution >= 0.6 is 15.9 Å². The van der Waals surface area contributed by atoms with E-state index in [1.165, 1.54) is 12.0 Å². The first-order valence-electron chi connectivity index (χ1n) is 7.25. The normalized spacial score (nSPS) is 16.5. The zero-order chi connectivity index (χ0) is 14.9. The van der Waals surface area contributed by atoms with Gasteiger partial charge in [-0.15, -0.1) is 0 Å². The van der Waals surface area contributed by atoms with Crippen molar-refractivity contribution in [3.05, 3.63) is 51.8 Å². The standard InChI is InChI=1S/C16H19BrN4/c1-11-6-13(7-12(2)21-11)8-20-16(4-3-5-16)15-18-9-14(17)10-19-15/h6-7,9-10,20H,3-5,8H2,1-2H3. The highest BCUT2D eigenvalue weighted by Crippen LogP contribution is 2.39. The van der Waals surface area contributed by atoms with Crippen molar-refractivity contribution in [1.82, 2.24) is 20.3 Å². The number of rotatable bonds is 4. The smallest absolute Gasteiger partial charge is 0.148 e. The predicted molar refractivity (Wildman–Crippen MR) is 85.8 cm³/mol. The molecule has 21 heavy (non-hydrogen) atoms. The summed E-state index contributed by atoms with van der Waals surface area (Å²) in [6.07, 6.45) is 7.06. The molecule has 0 amide bonds. The van der Waals surface area contributed by atoms with Gasteiger partial charge in [-0.05, 0) is 66.7 Å². The van der Waals surface area contributed by atoms with Gasteiger partial charge in [0.25, 0.3) is 0 Å². The molecule has 0 unspecified atom stereocenters. The minimum atomic E-state index is -0.0637. The number of nitrogens with zero attached hydrogens (tertiary/aromatic N) is 3. The van der Waals surface area contributed by atoms with E-state index in [0.717, 1.165) is 41.1 Å². The lowest BCUT2D eigenvalue weighted by molar-refractivity contribution is 0.170. The van der Waals surface area contributed by atoms with E-state index in [4.69, 9.17) is 0 Å². The minimum absolute atomic E-state index is 0.0637. The Morgan fingerprint density at radius 3 is 2.29 bits per heavy atom. The molecule has 3 rings (SSSR count). The van der Waals surface area contributed by atoms with E-state index in [1.807, 2.05) is 26.2 Å². The van der Waals surface area contributed by atoms with Gasteiger partial charge < -0.3 is 5.32 Å². The van der Waals surface area contributed by atoms with Gasteiger partial charge in [-0.3, -0.25) is 4.98 Å². The summed E-state index contributed by atoms with van der Waals surface area (Å²) in [5, 5.41) is 3.67. The SMILES string of the molecule is Cc1cc(CNC2(c3ncc(Br)cn3)CCC2)cc(C)n1. The number of nitrogens with one attached hydrogen (secondary N) is 1. The van der Waals surface area contributed by atoms with E-state index in [1.54, 1.807) is 0 Å². The van der Waals surface area contributed by atoms with Crippen LogP contribution in [0.5, 0.6) is 0 Å². The third kappa shape index (κ3) is 3.14. The van der Waals surface area contributed by atoms with E-state index in [-0.39, 0.29) is 5.54 Å². The summed E-state index contributed by atoms with van der Waals surface area (Å²) in [4.78, 5) is 13.4. The number of hydrogen-bond donors (Lipinski definition) is 1. The summed E-state index contributed by atoms with van der Waals surface area (Å²) in [5.74, 6) is 0.902. The van der Waals surface area contributed by atoms with Gasteiger partial charge in [0.1, 0.15) is 5.82 Å². The van der Waals surface area contributed by atoms with Crippen LogP contribution in [0.25, 0.3) is 0 Å². The first kappa shape index (κ1) is 14.6. The van der Waals surface area contributed by atoms with E-state index in [0.29, 0.717) is 0 Å². The fourth-order valence-corrected chi connectivity index (χ4v) is 3.07. The van der Waals surface area contributed by atoms with Crippen LogP contribution in [0.15, 0.2) is 29.0 Å². The maximum Gasteiger partial charge on any atom is 0.148 e. The van der Waals surface area contributed by atoms with E-state index in [9.17, 15) is 0 Å². The molecule has 2 heterocycles. The zero-order valence-corrected chi connectivity index (χ0v) is 13.9. The molecular formula is C16H19BrN4. The molecule has 1 aliphatic rings. The molecule has 0 radical (unpaired) electrons. The van der Waals surface area contributed by atoms with Crippen molar-refractivity contribution < 1.29 is 0 Å². The molecule has 1 saturated carbocycles. The average Bonchev–Trinajstić information content (AvgIpc) is 2.38. The molecule has 2 aromatic rings. The maximum absolute atomic E-state index is 4.49. The molecule has 4 nitrogen and oxygen atoms in total. The van der Waals surface area contributed by atoms with Gasteiger partial charge in [0, 0.05) is 30.3 Å². The second kappa shape index (κ2) is 5.81. The molecule has 2 aromatic heterocycles. The largest absolute Gasteiger partial charge is 0.301 e. The van der Waals surface area contributed by atoms with Gasteiger partial charge in [0.2, 0.25) is 0 Å². The van der Waals surface area contributed by atoms with Gasteiger partial charge in [-0.2, -0.15) is 0 Å². The molecule has 1 fully saturated rings. The van der Waals surface area contributed by atoms with E-state index >= 15 is 0 Å². The average molecular weight is 347 g/mol. The summed E-state index contributed by atoms with van der Waals surface area (Å²) < 4.78 is 0.918. The lowest BCUT2D eigenvalue weighted by Crippen LogP contribution is -2.48. The van der Waals surface area contributed by atoms with Crippen LogP contribution in [-0.2, 0) is 12.1 Å². The Kier molecular flexibility index (Phi) is 4.04. The highest BCUT2D eigenvalue weighted by atomic mass is 79.9. The van der Waals surface area contributed by atoms with Gasteiger partial charge in [-0.1, -0.05) is 0 Å². The number of aryl methyl sites for hydroxylation is 2. The lowest BCUT2D eigenvalue weighted by atomic mass is 9.76. The van der Waals surface area contributed by atoms with Crippen molar-refractivity contribution >= 4 is 15.9 Å². The maximum atomic E-state index is 4.49. The predicted octanol–water partition coefficient (Wildman–Crippen LogP) is 3.42. The van der Waals surface area contributed by atoms with Crippen molar-refractivity contribution in [1.29, 1.82) is 0 Å². The molecule has 0 spiro atoms. The number of pyridine rings is 1. The Morgan fingerprint density at radius 2 is 1.76 bits per heavy atom. The topological polar surface area (TPSA) is 50.7 Å². The Morgan fingerprint density at radius 1 is 1.14 bits per heavy atom. The fourth-order valence-electron chi connectivity index (χ4n) is 2.86. The van der Waals surface area contributed by atoms with Crippen LogP contribution in [0.1, 0.15) is 42.0 Å². The monoisotopic (exact) mass is 346 g/mol. The van der Waals surface area contributed by atoms with Crippen LogP contribution < -0.4 is 5.32 Å². The van der Waals surface area contributed by atoms with Crippen LogP contribution in [0, 0.1) is 13.8 Å². The van der Waals surface area contributed by atoms with Gasteiger partial charge in [0.15, 0.2) is 0 Å². The summed E-state index contributed by atoms with van der Waals surface area (Å²) in [6, 6.07) is 4.27. The van der Waals surface area contributed by atoms with Crippen LogP contribution in [0.4, 0.5) is 0 Å². The number of halogens is 1. The molecule has 5 heteroatoms. The van der Waals surface area contributed by atoms with Crippen molar-refractivity contribution in [2.45, 2.75) is 45.2 Å². The van der Waals surface area contributed by atoms with Crippen molar-refractivity contribution in [3.63, 3.8) is 0 Å². The molecule has 110 valence electrons. The van der Waals surface area contributed by atoms with Crippen LogP contribution in [0.2, 0.25) is 0 Å². The second-order valence-corrected chi connectivity index (χ2v) is 6.69. The van der Waals surface area contributed by atoms with Crippen LogP contribution in [-0.4, -0.2) is 15.0 Å². The Balaban J connectivity index is 1.76. The molecule has 0 aliphatic heterocycles. The Bertz CT molecular complexity index is 615. The van der Waals surface area contributed by atoms with E-state index < -0.39 is 0 Å². The molecule has 0 atom stereocenters.